The molecule has 0 radical (unpaired) electrons. The monoisotopic (exact) mass is 398 g/mol. The van der Waals surface area contributed by atoms with E-state index >= 15 is 0 Å². The van der Waals surface area contributed by atoms with E-state index in [4.69, 9.17) is 27.9 Å². The van der Waals surface area contributed by atoms with Crippen molar-refractivity contribution in [2.45, 2.75) is 19.8 Å². The lowest BCUT2D eigenvalue weighted by Crippen LogP contribution is -2.41. The van der Waals surface area contributed by atoms with E-state index in [-0.39, 0.29) is 18.6 Å². The summed E-state index contributed by atoms with van der Waals surface area (Å²) in [4.78, 5) is 23.7. The molecule has 26 heavy (non-hydrogen) atoms. The minimum absolute atomic E-state index is 0.133. The molecule has 2 aromatic carbocycles. The second-order valence-corrected chi connectivity index (χ2v) is 6.33. The van der Waals surface area contributed by atoms with Gasteiger partial charge in [0.15, 0.2) is 0 Å². The Bertz CT molecular complexity index is 815. The van der Waals surface area contributed by atoms with Crippen molar-refractivity contribution in [1.29, 1.82) is 0 Å². The summed E-state index contributed by atoms with van der Waals surface area (Å²) in [5, 5.41) is 0.894. The van der Waals surface area contributed by atoms with Crippen molar-refractivity contribution in [1.82, 2.24) is 10.9 Å². The summed E-state index contributed by atoms with van der Waals surface area (Å²) in [6.07, 6.45) is 0.549. The average molecular weight is 399 g/mol. The molecule has 0 saturated heterocycles. The summed E-state index contributed by atoms with van der Waals surface area (Å²) in [6.45, 7) is 1.95. The Morgan fingerprint density at radius 3 is 2.62 bits per heavy atom. The molecular formula is C18H17Cl2FN2O3. The van der Waals surface area contributed by atoms with Gasteiger partial charge >= 0.3 is 0 Å². The highest BCUT2D eigenvalue weighted by Crippen LogP contribution is 2.27. The van der Waals surface area contributed by atoms with Crippen LogP contribution in [0.1, 0.15) is 28.8 Å². The van der Waals surface area contributed by atoms with Gasteiger partial charge in [0.2, 0.25) is 5.91 Å². The molecule has 0 aliphatic heterocycles. The van der Waals surface area contributed by atoms with Gasteiger partial charge in [0.25, 0.3) is 5.91 Å². The lowest BCUT2D eigenvalue weighted by Gasteiger charge is -2.10. The fraction of sp³-hybridized carbons (Fsp3) is 0.222. The SMILES string of the molecule is Cc1ccc(F)cc1C(=O)NNC(=O)CCCOc1ccc(Cl)cc1Cl. The van der Waals surface area contributed by atoms with Crippen LogP contribution < -0.4 is 15.6 Å². The normalized spacial score (nSPS) is 10.3. The largest absolute Gasteiger partial charge is 0.492 e. The first-order valence-corrected chi connectivity index (χ1v) is 8.55. The molecule has 0 aliphatic carbocycles. The van der Waals surface area contributed by atoms with Crippen LogP contribution in [0.4, 0.5) is 4.39 Å². The van der Waals surface area contributed by atoms with E-state index in [0.29, 0.717) is 27.8 Å². The molecule has 8 heteroatoms. The zero-order valence-electron chi connectivity index (χ0n) is 13.9. The highest BCUT2D eigenvalue weighted by Gasteiger charge is 2.11. The molecule has 0 bridgehead atoms. The number of hydrogen-bond acceptors (Lipinski definition) is 3. The summed E-state index contributed by atoms with van der Waals surface area (Å²) < 4.78 is 18.7. The standard InChI is InChI=1S/C18H17Cl2FN2O3/c1-11-4-6-13(21)10-14(11)18(25)23-22-17(24)3-2-8-26-16-7-5-12(19)9-15(16)20/h4-7,9-10H,2-3,8H2,1H3,(H,22,24)(H,23,25). The van der Waals surface area contributed by atoms with Crippen LogP contribution in [-0.2, 0) is 4.79 Å². The topological polar surface area (TPSA) is 67.4 Å². The number of benzene rings is 2. The number of rotatable bonds is 6. The van der Waals surface area contributed by atoms with Crippen LogP contribution in [0.25, 0.3) is 0 Å². The third-order valence-electron chi connectivity index (χ3n) is 3.46. The maximum atomic E-state index is 13.2. The Morgan fingerprint density at radius 2 is 1.88 bits per heavy atom. The first-order valence-electron chi connectivity index (χ1n) is 7.80. The number of hydrazine groups is 1. The molecule has 138 valence electrons. The van der Waals surface area contributed by atoms with Crippen LogP contribution in [0.2, 0.25) is 10.0 Å². The molecule has 0 saturated carbocycles. The summed E-state index contributed by atoms with van der Waals surface area (Å²) >= 11 is 11.8. The van der Waals surface area contributed by atoms with E-state index in [0.717, 1.165) is 6.07 Å². The Hall–Kier alpha value is -2.31. The number of hydrogen-bond donors (Lipinski definition) is 2. The van der Waals surface area contributed by atoms with E-state index in [2.05, 4.69) is 10.9 Å². The first-order chi connectivity index (χ1) is 12.4. The van der Waals surface area contributed by atoms with Crippen LogP contribution in [0, 0.1) is 12.7 Å². The Balaban J connectivity index is 1.72. The maximum absolute atomic E-state index is 13.2. The van der Waals surface area contributed by atoms with Gasteiger partial charge in [-0.25, -0.2) is 4.39 Å². The molecule has 0 fully saturated rings. The van der Waals surface area contributed by atoms with E-state index in [1.54, 1.807) is 25.1 Å². The maximum Gasteiger partial charge on any atom is 0.270 e. The number of nitrogens with one attached hydrogen (secondary N) is 2. The number of aryl methyl sites for hydroxylation is 1. The second kappa shape index (κ2) is 9.40. The third kappa shape index (κ3) is 5.89. The van der Waals surface area contributed by atoms with E-state index < -0.39 is 17.6 Å². The lowest BCUT2D eigenvalue weighted by molar-refractivity contribution is -0.122. The Kier molecular flexibility index (Phi) is 7.24. The van der Waals surface area contributed by atoms with Crippen LogP contribution in [0.15, 0.2) is 36.4 Å². The molecule has 0 unspecified atom stereocenters. The highest BCUT2D eigenvalue weighted by molar-refractivity contribution is 6.35. The van der Waals surface area contributed by atoms with Crippen molar-refractivity contribution in [2.24, 2.45) is 0 Å². The molecule has 0 spiro atoms. The molecule has 0 aromatic heterocycles. The first kappa shape index (κ1) is 20.0. The number of carbonyl (C=O) groups excluding carboxylic acids is 2. The predicted octanol–water partition coefficient (Wildman–Crippen LogP) is 4.06. The molecule has 0 heterocycles. The van der Waals surface area contributed by atoms with Gasteiger partial charge in [-0.2, -0.15) is 0 Å². The zero-order chi connectivity index (χ0) is 19.1. The summed E-state index contributed by atoms with van der Waals surface area (Å²) in [5.41, 5.74) is 5.31. The molecular weight excluding hydrogens is 382 g/mol. The van der Waals surface area contributed by atoms with Gasteiger partial charge in [-0.15, -0.1) is 0 Å². The van der Waals surface area contributed by atoms with Gasteiger partial charge in [0.1, 0.15) is 11.6 Å². The van der Waals surface area contributed by atoms with Gasteiger partial charge in [0.05, 0.1) is 11.6 Å². The van der Waals surface area contributed by atoms with E-state index in [9.17, 15) is 14.0 Å². The molecule has 2 aromatic rings. The summed E-state index contributed by atoms with van der Waals surface area (Å²) in [6, 6.07) is 8.73. The van der Waals surface area contributed by atoms with Crippen molar-refractivity contribution in [3.63, 3.8) is 0 Å². The average Bonchev–Trinajstić information content (AvgIpc) is 2.60. The van der Waals surface area contributed by atoms with Gasteiger partial charge in [-0.05, 0) is 49.2 Å². The number of ether oxygens (including phenoxy) is 1. The fourth-order valence-electron chi connectivity index (χ4n) is 2.10. The van der Waals surface area contributed by atoms with E-state index in [1.807, 2.05) is 0 Å². The molecule has 2 rings (SSSR count). The third-order valence-corrected chi connectivity index (χ3v) is 3.99. The van der Waals surface area contributed by atoms with Gasteiger partial charge in [-0.3, -0.25) is 20.4 Å². The number of amides is 2. The van der Waals surface area contributed by atoms with Gasteiger partial charge in [0, 0.05) is 17.0 Å². The van der Waals surface area contributed by atoms with Gasteiger partial charge in [-0.1, -0.05) is 29.3 Å². The minimum Gasteiger partial charge on any atom is -0.492 e. The predicted molar refractivity (Wildman–Crippen MR) is 97.9 cm³/mol. The number of halogens is 3. The lowest BCUT2D eigenvalue weighted by atomic mass is 10.1. The van der Waals surface area contributed by atoms with Crippen LogP contribution in [0.5, 0.6) is 5.75 Å². The Morgan fingerprint density at radius 1 is 1.12 bits per heavy atom. The molecule has 5 nitrogen and oxygen atoms in total. The van der Waals surface area contributed by atoms with Crippen LogP contribution in [0.3, 0.4) is 0 Å². The van der Waals surface area contributed by atoms with Crippen molar-refractivity contribution >= 4 is 35.0 Å². The van der Waals surface area contributed by atoms with Crippen molar-refractivity contribution in [3.05, 3.63) is 63.4 Å². The Labute approximate surface area is 160 Å². The fourth-order valence-corrected chi connectivity index (χ4v) is 2.57. The second-order valence-electron chi connectivity index (χ2n) is 5.49. The molecule has 2 N–H and O–H groups in total. The highest BCUT2D eigenvalue weighted by atomic mass is 35.5. The summed E-state index contributed by atoms with van der Waals surface area (Å²) in [5.74, 6) is -1.02. The smallest absolute Gasteiger partial charge is 0.270 e. The van der Waals surface area contributed by atoms with Crippen LogP contribution >= 0.6 is 23.2 Å². The molecule has 0 atom stereocenters. The number of carbonyl (C=O) groups is 2. The molecule has 0 aliphatic rings. The minimum atomic E-state index is -0.584. The van der Waals surface area contributed by atoms with Crippen molar-refractivity contribution in [3.8, 4) is 5.75 Å². The zero-order valence-corrected chi connectivity index (χ0v) is 15.5. The quantitative estimate of drug-likeness (QED) is 0.569. The van der Waals surface area contributed by atoms with Gasteiger partial charge < -0.3 is 4.74 Å². The molecule has 2 amide bonds. The van der Waals surface area contributed by atoms with Crippen molar-refractivity contribution < 1.29 is 18.7 Å². The van der Waals surface area contributed by atoms with Crippen molar-refractivity contribution in [2.75, 3.05) is 6.61 Å². The van der Waals surface area contributed by atoms with Crippen LogP contribution in [-0.4, -0.2) is 18.4 Å². The summed E-state index contributed by atoms with van der Waals surface area (Å²) in [7, 11) is 0. The van der Waals surface area contributed by atoms with E-state index in [1.165, 1.54) is 12.1 Å².